The van der Waals surface area contributed by atoms with Gasteiger partial charge in [-0.2, -0.15) is 0 Å². The van der Waals surface area contributed by atoms with E-state index in [1.54, 1.807) is 13.8 Å². The van der Waals surface area contributed by atoms with Gasteiger partial charge in [0, 0.05) is 9.94 Å². The summed E-state index contributed by atoms with van der Waals surface area (Å²) < 4.78 is 30.6. The fourth-order valence-electron chi connectivity index (χ4n) is 2.40. The zero-order valence-electron chi connectivity index (χ0n) is 12.4. The lowest BCUT2D eigenvalue weighted by atomic mass is 9.71. The minimum Gasteiger partial charge on any atom is -0.465 e. The molecular formula is C15H18F2O4. The van der Waals surface area contributed by atoms with Crippen molar-refractivity contribution >= 4 is 11.9 Å². The summed E-state index contributed by atoms with van der Waals surface area (Å²) in [6.07, 6.45) is 0. The molecule has 0 aliphatic heterocycles. The number of aryl methyl sites for hydroxylation is 1. The van der Waals surface area contributed by atoms with Gasteiger partial charge >= 0.3 is 11.9 Å². The van der Waals surface area contributed by atoms with Gasteiger partial charge in [0.2, 0.25) is 0 Å². The van der Waals surface area contributed by atoms with Crippen LogP contribution in [0.3, 0.4) is 0 Å². The van der Waals surface area contributed by atoms with Crippen LogP contribution in [-0.2, 0) is 24.7 Å². The van der Waals surface area contributed by atoms with E-state index in [9.17, 15) is 18.5 Å². The molecule has 1 unspecified atom stereocenters. The van der Waals surface area contributed by atoms with Crippen molar-refractivity contribution in [1.29, 1.82) is 0 Å². The fourth-order valence-corrected chi connectivity index (χ4v) is 2.40. The van der Waals surface area contributed by atoms with Gasteiger partial charge in [-0.05, 0) is 37.1 Å². The van der Waals surface area contributed by atoms with Crippen molar-refractivity contribution in [2.75, 3.05) is 6.61 Å². The molecule has 0 saturated carbocycles. The summed E-state index contributed by atoms with van der Waals surface area (Å²) in [5.74, 6) is -4.31. The zero-order valence-corrected chi connectivity index (χ0v) is 12.4. The Morgan fingerprint density at radius 2 is 1.90 bits per heavy atom. The third-order valence-electron chi connectivity index (χ3n) is 3.45. The van der Waals surface area contributed by atoms with E-state index in [-0.39, 0.29) is 6.61 Å². The van der Waals surface area contributed by atoms with E-state index in [4.69, 9.17) is 4.74 Å². The maximum atomic E-state index is 13.5. The van der Waals surface area contributed by atoms with E-state index < -0.39 is 29.1 Å². The molecule has 0 N–H and O–H groups in total. The molecule has 1 rings (SSSR count). The topological polar surface area (TPSA) is 52.6 Å². The predicted molar refractivity (Wildman–Crippen MR) is 71.5 cm³/mol. The van der Waals surface area contributed by atoms with Crippen LogP contribution in [0.1, 0.15) is 31.9 Å². The van der Waals surface area contributed by atoms with Crippen LogP contribution >= 0.6 is 0 Å². The monoisotopic (exact) mass is 300 g/mol. The van der Waals surface area contributed by atoms with Gasteiger partial charge < -0.3 is 4.74 Å². The molecule has 1 atom stereocenters. The van der Waals surface area contributed by atoms with Crippen LogP contribution in [0.15, 0.2) is 18.2 Å². The molecule has 116 valence electrons. The first-order chi connectivity index (χ1) is 9.75. The van der Waals surface area contributed by atoms with Crippen LogP contribution in [0, 0.1) is 18.7 Å². The summed E-state index contributed by atoms with van der Waals surface area (Å²) in [6.45, 7) is 6.38. The number of benzene rings is 1. The number of carbonyl (C=O) groups is 2. The van der Waals surface area contributed by atoms with E-state index in [2.05, 4.69) is 4.94 Å². The van der Waals surface area contributed by atoms with Crippen molar-refractivity contribution in [3.8, 4) is 0 Å². The average Bonchev–Trinajstić information content (AvgIpc) is 2.41. The number of hydrogen-bond acceptors (Lipinski definition) is 4. The molecule has 0 radical (unpaired) electrons. The Morgan fingerprint density at radius 1 is 1.29 bits per heavy atom. The SMILES string of the molecule is CCOC(=O)C(C(=O)OF)C(C)(C)c1cc(F)ccc1C. The summed E-state index contributed by atoms with van der Waals surface area (Å²) >= 11 is 0. The van der Waals surface area contributed by atoms with Gasteiger partial charge in [0.1, 0.15) is 5.82 Å². The Bertz CT molecular complexity index is 540. The minimum absolute atomic E-state index is 0.0348. The number of esters is 1. The van der Waals surface area contributed by atoms with Crippen LogP contribution in [0.5, 0.6) is 0 Å². The molecular weight excluding hydrogens is 282 g/mol. The summed E-state index contributed by atoms with van der Waals surface area (Å²) in [4.78, 5) is 26.9. The lowest BCUT2D eigenvalue weighted by Gasteiger charge is -2.31. The largest absolute Gasteiger partial charge is 0.465 e. The van der Waals surface area contributed by atoms with Crippen LogP contribution in [0.4, 0.5) is 8.92 Å². The normalized spacial score (nSPS) is 12.7. The molecule has 0 heterocycles. The Hall–Kier alpha value is -1.98. The Labute approximate surface area is 121 Å². The molecule has 0 aliphatic carbocycles. The lowest BCUT2D eigenvalue weighted by molar-refractivity contribution is -0.195. The Balaban J connectivity index is 3.35. The van der Waals surface area contributed by atoms with E-state index >= 15 is 0 Å². The summed E-state index contributed by atoms with van der Waals surface area (Å²) in [5, 5.41) is 0. The molecule has 6 heteroatoms. The molecule has 0 aromatic heterocycles. The molecule has 0 saturated heterocycles. The maximum absolute atomic E-state index is 13.5. The minimum atomic E-state index is -1.53. The molecule has 21 heavy (non-hydrogen) atoms. The van der Waals surface area contributed by atoms with Gasteiger partial charge in [0.25, 0.3) is 0 Å². The first kappa shape index (κ1) is 17.1. The average molecular weight is 300 g/mol. The lowest BCUT2D eigenvalue weighted by Crippen LogP contribution is -2.42. The molecule has 4 nitrogen and oxygen atoms in total. The number of ether oxygens (including phenoxy) is 1. The molecule has 0 aliphatic rings. The van der Waals surface area contributed by atoms with E-state index in [0.717, 1.165) is 0 Å². The second kappa shape index (κ2) is 6.65. The molecule has 0 amide bonds. The van der Waals surface area contributed by atoms with Crippen molar-refractivity contribution < 1.29 is 28.2 Å². The van der Waals surface area contributed by atoms with Crippen molar-refractivity contribution in [3.05, 3.63) is 35.1 Å². The third-order valence-corrected chi connectivity index (χ3v) is 3.45. The van der Waals surface area contributed by atoms with Gasteiger partial charge in [0.15, 0.2) is 5.92 Å². The van der Waals surface area contributed by atoms with Gasteiger partial charge in [-0.3, -0.25) is 9.74 Å². The van der Waals surface area contributed by atoms with Gasteiger partial charge in [-0.15, -0.1) is 0 Å². The fraction of sp³-hybridized carbons (Fsp3) is 0.467. The first-order valence-corrected chi connectivity index (χ1v) is 6.51. The van der Waals surface area contributed by atoms with Crippen LogP contribution in [0.2, 0.25) is 0 Å². The second-order valence-electron chi connectivity index (χ2n) is 5.26. The van der Waals surface area contributed by atoms with Crippen molar-refractivity contribution in [3.63, 3.8) is 0 Å². The van der Waals surface area contributed by atoms with Gasteiger partial charge in [0.05, 0.1) is 6.61 Å². The van der Waals surface area contributed by atoms with Crippen molar-refractivity contribution in [2.45, 2.75) is 33.1 Å². The summed E-state index contributed by atoms with van der Waals surface area (Å²) in [5.41, 5.74) is -0.116. The first-order valence-electron chi connectivity index (χ1n) is 6.51. The summed E-state index contributed by atoms with van der Waals surface area (Å²) in [6, 6.07) is 4.00. The highest BCUT2D eigenvalue weighted by molar-refractivity contribution is 5.96. The highest BCUT2D eigenvalue weighted by atomic mass is 19.3. The van der Waals surface area contributed by atoms with Crippen molar-refractivity contribution in [1.82, 2.24) is 0 Å². The van der Waals surface area contributed by atoms with Gasteiger partial charge in [-0.25, -0.2) is 9.18 Å². The third kappa shape index (κ3) is 3.56. The highest BCUT2D eigenvalue weighted by Crippen LogP contribution is 2.36. The summed E-state index contributed by atoms with van der Waals surface area (Å²) in [7, 11) is 0. The quantitative estimate of drug-likeness (QED) is 0.619. The van der Waals surface area contributed by atoms with Crippen LogP contribution in [-0.4, -0.2) is 18.5 Å². The number of carbonyl (C=O) groups excluding carboxylic acids is 2. The highest BCUT2D eigenvalue weighted by Gasteiger charge is 2.45. The molecule has 0 spiro atoms. The van der Waals surface area contributed by atoms with E-state index in [0.29, 0.717) is 11.1 Å². The van der Waals surface area contributed by atoms with Crippen LogP contribution in [0.25, 0.3) is 0 Å². The zero-order chi connectivity index (χ0) is 16.2. The Morgan fingerprint density at radius 3 is 2.43 bits per heavy atom. The number of rotatable bonds is 5. The molecule has 1 aromatic carbocycles. The van der Waals surface area contributed by atoms with E-state index in [1.807, 2.05) is 0 Å². The van der Waals surface area contributed by atoms with E-state index in [1.165, 1.54) is 32.0 Å². The smallest absolute Gasteiger partial charge is 0.363 e. The van der Waals surface area contributed by atoms with Crippen LogP contribution < -0.4 is 0 Å². The van der Waals surface area contributed by atoms with Crippen molar-refractivity contribution in [2.24, 2.45) is 5.92 Å². The molecule has 0 fully saturated rings. The number of halogens is 2. The molecule has 0 bridgehead atoms. The Kier molecular flexibility index (Phi) is 5.41. The predicted octanol–water partition coefficient (Wildman–Crippen LogP) is 3.02. The second-order valence-corrected chi connectivity index (χ2v) is 5.26. The maximum Gasteiger partial charge on any atom is 0.363 e. The number of hydrogen-bond donors (Lipinski definition) is 0. The molecule has 1 aromatic rings. The standard InChI is InChI=1S/C15H18F2O4/c1-5-20-13(18)12(14(19)21-17)15(3,4)11-8-10(16)7-6-9(11)2/h6-8,12H,5H2,1-4H3. The van der Waals surface area contributed by atoms with Gasteiger partial charge in [-0.1, -0.05) is 19.9 Å².